The normalized spacial score (nSPS) is 27.9. The highest BCUT2D eigenvalue weighted by Crippen LogP contribution is 2.35. The molecule has 0 radical (unpaired) electrons. The van der Waals surface area contributed by atoms with E-state index >= 15 is 0 Å². The number of nitrogens with one attached hydrogen (secondary N) is 1. The van der Waals surface area contributed by atoms with E-state index in [0.29, 0.717) is 23.9 Å². The predicted molar refractivity (Wildman–Crippen MR) is 82.2 cm³/mol. The molecule has 21 heavy (non-hydrogen) atoms. The number of phenolic OH excluding ortho intramolecular Hbond substituents is 1. The van der Waals surface area contributed by atoms with Gasteiger partial charge in [0.25, 0.3) is 0 Å². The summed E-state index contributed by atoms with van der Waals surface area (Å²) in [6.07, 6.45) is 5.49. The topological polar surface area (TPSA) is 52.6 Å². The van der Waals surface area contributed by atoms with Crippen LogP contribution in [0.25, 0.3) is 0 Å². The summed E-state index contributed by atoms with van der Waals surface area (Å²) in [5.41, 5.74) is 1.24. The van der Waals surface area contributed by atoms with Crippen LogP contribution in [0.4, 0.5) is 0 Å². The Balaban J connectivity index is 1.47. The van der Waals surface area contributed by atoms with E-state index < -0.39 is 0 Å². The zero-order valence-electron chi connectivity index (χ0n) is 12.6. The van der Waals surface area contributed by atoms with Crippen LogP contribution in [0.3, 0.4) is 0 Å². The van der Waals surface area contributed by atoms with E-state index in [1.165, 1.54) is 18.4 Å². The van der Waals surface area contributed by atoms with Crippen molar-refractivity contribution in [2.45, 2.75) is 57.2 Å². The summed E-state index contributed by atoms with van der Waals surface area (Å²) in [5.74, 6) is 0.560. The van der Waals surface area contributed by atoms with E-state index in [1.54, 1.807) is 19.1 Å². The Bertz CT molecular complexity index is 486. The Labute approximate surface area is 126 Å². The molecular formula is C17H24N2O2. The molecule has 2 N–H and O–H groups in total. The summed E-state index contributed by atoms with van der Waals surface area (Å²) in [6, 6.07) is 8.86. The average Bonchev–Trinajstić information content (AvgIpc) is 2.73. The molecule has 4 nitrogen and oxygen atoms in total. The molecule has 3 atom stereocenters. The van der Waals surface area contributed by atoms with Gasteiger partial charge in [0.15, 0.2) is 0 Å². The Morgan fingerprint density at radius 2 is 1.86 bits per heavy atom. The standard InChI is InChI=1S/C17H24N2O2/c1-12(20)19-15-4-5-16(19)11-14(10-15)18-9-8-13-2-6-17(21)7-3-13/h2-3,6-7,14-16,18,21H,4-5,8-11H2,1H3/t14?,15-,16+. The molecule has 2 saturated heterocycles. The second-order valence-electron chi connectivity index (χ2n) is 6.35. The number of nitrogens with zero attached hydrogens (tertiary/aromatic N) is 1. The summed E-state index contributed by atoms with van der Waals surface area (Å²) in [6.45, 7) is 2.65. The minimum atomic E-state index is 0.241. The number of hydrogen-bond acceptors (Lipinski definition) is 3. The van der Waals surface area contributed by atoms with Crippen LogP contribution in [-0.4, -0.2) is 40.6 Å². The molecular weight excluding hydrogens is 264 g/mol. The summed E-state index contributed by atoms with van der Waals surface area (Å²) in [7, 11) is 0. The molecule has 4 heteroatoms. The van der Waals surface area contributed by atoms with Gasteiger partial charge in [-0.15, -0.1) is 0 Å². The number of aromatic hydroxyl groups is 1. The molecule has 0 saturated carbocycles. The molecule has 2 heterocycles. The molecule has 114 valence electrons. The molecule has 1 aromatic carbocycles. The van der Waals surface area contributed by atoms with Crippen molar-refractivity contribution in [2.75, 3.05) is 6.54 Å². The molecule has 0 aliphatic carbocycles. The highest BCUT2D eigenvalue weighted by Gasteiger charge is 2.41. The number of carbonyl (C=O) groups is 1. The van der Waals surface area contributed by atoms with Crippen LogP contribution in [0.5, 0.6) is 5.75 Å². The van der Waals surface area contributed by atoms with E-state index in [1.807, 2.05) is 12.1 Å². The van der Waals surface area contributed by atoms with Crippen LogP contribution in [0.15, 0.2) is 24.3 Å². The first-order valence-electron chi connectivity index (χ1n) is 7.93. The Morgan fingerprint density at radius 1 is 1.24 bits per heavy atom. The fourth-order valence-electron chi connectivity index (χ4n) is 3.94. The van der Waals surface area contributed by atoms with Gasteiger partial charge in [0.1, 0.15) is 5.75 Å². The summed E-state index contributed by atoms with van der Waals surface area (Å²) >= 11 is 0. The maximum Gasteiger partial charge on any atom is 0.219 e. The summed E-state index contributed by atoms with van der Waals surface area (Å²) in [5, 5.41) is 12.9. The van der Waals surface area contributed by atoms with Gasteiger partial charge in [0.2, 0.25) is 5.91 Å². The Kier molecular flexibility index (Phi) is 4.15. The number of fused-ring (bicyclic) bond motifs is 2. The van der Waals surface area contributed by atoms with Gasteiger partial charge in [-0.1, -0.05) is 12.1 Å². The number of piperidine rings is 1. The average molecular weight is 288 g/mol. The lowest BCUT2D eigenvalue weighted by molar-refractivity contribution is -0.133. The fraction of sp³-hybridized carbons (Fsp3) is 0.588. The lowest BCUT2D eigenvalue weighted by Gasteiger charge is -2.38. The minimum Gasteiger partial charge on any atom is -0.508 e. The first-order valence-corrected chi connectivity index (χ1v) is 7.93. The molecule has 1 amide bonds. The van der Waals surface area contributed by atoms with Gasteiger partial charge in [-0.25, -0.2) is 0 Å². The van der Waals surface area contributed by atoms with Gasteiger partial charge in [-0.05, 0) is 56.3 Å². The van der Waals surface area contributed by atoms with Gasteiger partial charge >= 0.3 is 0 Å². The van der Waals surface area contributed by atoms with Crippen molar-refractivity contribution in [3.63, 3.8) is 0 Å². The minimum absolute atomic E-state index is 0.241. The van der Waals surface area contributed by atoms with Crippen molar-refractivity contribution in [3.05, 3.63) is 29.8 Å². The first kappa shape index (κ1) is 14.4. The SMILES string of the molecule is CC(=O)N1[C@@H]2CC[C@H]1CC(NCCc1ccc(O)cc1)C2. The lowest BCUT2D eigenvalue weighted by Crippen LogP contribution is -2.51. The van der Waals surface area contributed by atoms with Crippen molar-refractivity contribution in [3.8, 4) is 5.75 Å². The molecule has 2 bridgehead atoms. The Hall–Kier alpha value is -1.55. The number of carbonyl (C=O) groups excluding carboxylic acids is 1. The van der Waals surface area contributed by atoms with E-state index in [9.17, 15) is 9.90 Å². The zero-order chi connectivity index (χ0) is 14.8. The van der Waals surface area contributed by atoms with Gasteiger partial charge in [0, 0.05) is 25.0 Å². The molecule has 3 rings (SSSR count). The van der Waals surface area contributed by atoms with Crippen LogP contribution in [-0.2, 0) is 11.2 Å². The van der Waals surface area contributed by atoms with Crippen molar-refractivity contribution in [1.29, 1.82) is 0 Å². The van der Waals surface area contributed by atoms with Crippen molar-refractivity contribution in [2.24, 2.45) is 0 Å². The number of hydrogen-bond donors (Lipinski definition) is 2. The first-order chi connectivity index (χ1) is 10.1. The molecule has 2 aliphatic heterocycles. The van der Waals surface area contributed by atoms with Crippen LogP contribution in [0.2, 0.25) is 0 Å². The predicted octanol–water partition coefficient (Wildman–Crippen LogP) is 2.07. The van der Waals surface area contributed by atoms with Gasteiger partial charge < -0.3 is 15.3 Å². The molecule has 0 spiro atoms. The van der Waals surface area contributed by atoms with Gasteiger partial charge in [0.05, 0.1) is 0 Å². The highest BCUT2D eigenvalue weighted by atomic mass is 16.3. The number of amides is 1. The third-order valence-corrected chi connectivity index (χ3v) is 4.88. The third-order valence-electron chi connectivity index (χ3n) is 4.88. The second kappa shape index (κ2) is 6.06. The van der Waals surface area contributed by atoms with E-state index in [2.05, 4.69) is 10.2 Å². The van der Waals surface area contributed by atoms with Gasteiger partial charge in [-0.3, -0.25) is 4.79 Å². The molecule has 1 aromatic rings. The van der Waals surface area contributed by atoms with E-state index in [-0.39, 0.29) is 5.91 Å². The number of rotatable bonds is 4. The summed E-state index contributed by atoms with van der Waals surface area (Å²) < 4.78 is 0. The maximum atomic E-state index is 11.7. The van der Waals surface area contributed by atoms with Crippen LogP contribution in [0, 0.1) is 0 Å². The molecule has 2 fully saturated rings. The smallest absolute Gasteiger partial charge is 0.219 e. The molecule has 1 unspecified atom stereocenters. The van der Waals surface area contributed by atoms with Crippen molar-refractivity contribution in [1.82, 2.24) is 10.2 Å². The van der Waals surface area contributed by atoms with Crippen molar-refractivity contribution < 1.29 is 9.90 Å². The van der Waals surface area contributed by atoms with E-state index in [0.717, 1.165) is 25.8 Å². The fourth-order valence-corrected chi connectivity index (χ4v) is 3.94. The van der Waals surface area contributed by atoms with Crippen LogP contribution in [0.1, 0.15) is 38.2 Å². The maximum absolute atomic E-state index is 11.7. The van der Waals surface area contributed by atoms with Crippen LogP contribution < -0.4 is 5.32 Å². The number of phenols is 1. The van der Waals surface area contributed by atoms with Crippen molar-refractivity contribution >= 4 is 5.91 Å². The monoisotopic (exact) mass is 288 g/mol. The lowest BCUT2D eigenvalue weighted by atomic mass is 9.97. The highest BCUT2D eigenvalue weighted by molar-refractivity contribution is 5.74. The largest absolute Gasteiger partial charge is 0.508 e. The quantitative estimate of drug-likeness (QED) is 0.892. The Morgan fingerprint density at radius 3 is 2.43 bits per heavy atom. The zero-order valence-corrected chi connectivity index (χ0v) is 12.6. The molecule has 0 aromatic heterocycles. The number of benzene rings is 1. The third kappa shape index (κ3) is 3.21. The summed E-state index contributed by atoms with van der Waals surface area (Å²) in [4.78, 5) is 13.8. The van der Waals surface area contributed by atoms with E-state index in [4.69, 9.17) is 0 Å². The van der Waals surface area contributed by atoms with Gasteiger partial charge in [-0.2, -0.15) is 0 Å². The second-order valence-corrected chi connectivity index (χ2v) is 6.35. The van der Waals surface area contributed by atoms with Crippen LogP contribution >= 0.6 is 0 Å². The molecule has 2 aliphatic rings.